The van der Waals surface area contributed by atoms with Crippen LogP contribution in [0.2, 0.25) is 0 Å². The highest BCUT2D eigenvalue weighted by Crippen LogP contribution is 2.34. The van der Waals surface area contributed by atoms with E-state index in [2.05, 4.69) is 4.74 Å². The van der Waals surface area contributed by atoms with Crippen LogP contribution in [0.5, 0.6) is 5.75 Å². The molecular formula is C12H11F2NO3. The number of esters is 1. The van der Waals surface area contributed by atoms with Crippen molar-refractivity contribution >= 4 is 5.97 Å². The van der Waals surface area contributed by atoms with Crippen LogP contribution in [0.15, 0.2) is 12.1 Å². The molecule has 1 N–H and O–H groups in total. The van der Waals surface area contributed by atoms with E-state index in [0.717, 1.165) is 0 Å². The number of alkyl halides is 2. The minimum absolute atomic E-state index is 0.0417. The minimum Gasteiger partial charge on any atom is -0.506 e. The summed E-state index contributed by atoms with van der Waals surface area (Å²) in [6, 6.07) is 4.01. The second-order valence-electron chi connectivity index (χ2n) is 3.43. The van der Waals surface area contributed by atoms with Crippen molar-refractivity contribution in [2.24, 2.45) is 0 Å². The number of nitriles is 1. The molecular weight excluding hydrogens is 244 g/mol. The van der Waals surface area contributed by atoms with Crippen molar-refractivity contribution in [1.82, 2.24) is 0 Å². The molecule has 0 fully saturated rings. The molecule has 96 valence electrons. The van der Waals surface area contributed by atoms with Crippen LogP contribution in [0, 0.1) is 11.3 Å². The van der Waals surface area contributed by atoms with E-state index in [1.807, 2.05) is 0 Å². The minimum atomic E-state index is -2.97. The number of hydrogen-bond donors (Lipinski definition) is 1. The van der Waals surface area contributed by atoms with Crippen LogP contribution in [0.1, 0.15) is 30.0 Å². The summed E-state index contributed by atoms with van der Waals surface area (Å²) in [7, 11) is 0. The predicted octanol–water partition coefficient (Wildman–Crippen LogP) is 2.31. The van der Waals surface area contributed by atoms with Crippen LogP contribution < -0.4 is 0 Å². The van der Waals surface area contributed by atoms with Gasteiger partial charge in [-0.2, -0.15) is 5.26 Å². The molecule has 0 radical (unpaired) electrons. The van der Waals surface area contributed by atoms with E-state index in [9.17, 15) is 18.7 Å². The summed E-state index contributed by atoms with van der Waals surface area (Å²) in [5.74, 6) is -1.45. The normalized spacial score (nSPS) is 10.2. The van der Waals surface area contributed by atoms with Gasteiger partial charge >= 0.3 is 5.97 Å². The number of aromatic hydroxyl groups is 1. The molecule has 0 bridgehead atoms. The number of nitrogens with zero attached hydrogens (tertiary/aromatic N) is 1. The van der Waals surface area contributed by atoms with Crippen molar-refractivity contribution in [3.8, 4) is 11.8 Å². The lowest BCUT2D eigenvalue weighted by atomic mass is 10.0. The van der Waals surface area contributed by atoms with Gasteiger partial charge in [0.1, 0.15) is 11.8 Å². The quantitative estimate of drug-likeness (QED) is 0.838. The molecule has 0 atom stereocenters. The monoisotopic (exact) mass is 255 g/mol. The second-order valence-corrected chi connectivity index (χ2v) is 3.43. The van der Waals surface area contributed by atoms with Crippen molar-refractivity contribution in [3.63, 3.8) is 0 Å². The lowest BCUT2D eigenvalue weighted by Gasteiger charge is -2.11. The van der Waals surface area contributed by atoms with E-state index in [1.165, 1.54) is 12.1 Å². The van der Waals surface area contributed by atoms with Gasteiger partial charge in [0.2, 0.25) is 0 Å². The van der Waals surface area contributed by atoms with Gasteiger partial charge in [-0.15, -0.1) is 0 Å². The van der Waals surface area contributed by atoms with Gasteiger partial charge in [0.05, 0.1) is 24.2 Å². The third kappa shape index (κ3) is 2.94. The first-order chi connectivity index (χ1) is 8.51. The zero-order valence-electron chi connectivity index (χ0n) is 9.61. The standard InChI is InChI=1S/C12H11F2NO3/c1-2-18-9(16)5-7-3-4-8(6-15)11(17)10(7)12(13)14/h3-4,12,17H,2,5H2,1H3. The highest BCUT2D eigenvalue weighted by molar-refractivity contribution is 5.74. The Morgan fingerprint density at radius 3 is 2.72 bits per heavy atom. The Labute approximate surface area is 102 Å². The predicted molar refractivity (Wildman–Crippen MR) is 58.1 cm³/mol. The van der Waals surface area contributed by atoms with Gasteiger partial charge in [-0.1, -0.05) is 6.07 Å². The van der Waals surface area contributed by atoms with Gasteiger partial charge in [-0.3, -0.25) is 4.79 Å². The Balaban J connectivity index is 3.17. The van der Waals surface area contributed by atoms with Crippen LogP contribution in [-0.2, 0) is 16.0 Å². The molecule has 0 unspecified atom stereocenters. The maximum absolute atomic E-state index is 12.8. The molecule has 6 heteroatoms. The molecule has 1 aromatic rings. The molecule has 0 heterocycles. The average molecular weight is 255 g/mol. The summed E-state index contributed by atoms with van der Waals surface area (Å²) in [5.41, 5.74) is -0.986. The van der Waals surface area contributed by atoms with E-state index in [4.69, 9.17) is 5.26 Å². The first kappa shape index (κ1) is 13.9. The van der Waals surface area contributed by atoms with Crippen LogP contribution in [0.3, 0.4) is 0 Å². The van der Waals surface area contributed by atoms with Crippen molar-refractivity contribution in [1.29, 1.82) is 5.26 Å². The lowest BCUT2D eigenvalue weighted by Crippen LogP contribution is -2.10. The Morgan fingerprint density at radius 1 is 1.56 bits per heavy atom. The number of carbonyl (C=O) groups excluding carboxylic acids is 1. The Bertz CT molecular complexity index is 495. The summed E-state index contributed by atoms with van der Waals surface area (Å²) in [6.45, 7) is 1.74. The smallest absolute Gasteiger partial charge is 0.310 e. The summed E-state index contributed by atoms with van der Waals surface area (Å²) in [4.78, 5) is 11.2. The molecule has 1 rings (SSSR count). The molecule has 4 nitrogen and oxygen atoms in total. The SMILES string of the molecule is CCOC(=O)Cc1ccc(C#N)c(O)c1C(F)F. The number of rotatable bonds is 4. The van der Waals surface area contributed by atoms with E-state index in [-0.39, 0.29) is 24.2 Å². The number of ether oxygens (including phenoxy) is 1. The third-order valence-corrected chi connectivity index (χ3v) is 2.29. The van der Waals surface area contributed by atoms with E-state index < -0.39 is 23.7 Å². The maximum atomic E-state index is 12.8. The van der Waals surface area contributed by atoms with Crippen LogP contribution >= 0.6 is 0 Å². The van der Waals surface area contributed by atoms with Crippen LogP contribution in [0.25, 0.3) is 0 Å². The molecule has 1 aromatic carbocycles. The zero-order chi connectivity index (χ0) is 13.7. The van der Waals surface area contributed by atoms with Crippen molar-refractivity contribution < 1.29 is 23.4 Å². The highest BCUT2D eigenvalue weighted by atomic mass is 19.3. The molecule has 0 amide bonds. The fourth-order valence-corrected chi connectivity index (χ4v) is 1.51. The summed E-state index contributed by atoms with van der Waals surface area (Å²) < 4.78 is 30.3. The zero-order valence-corrected chi connectivity index (χ0v) is 9.61. The van der Waals surface area contributed by atoms with Gasteiger partial charge in [0, 0.05) is 0 Å². The van der Waals surface area contributed by atoms with Crippen LogP contribution in [0.4, 0.5) is 8.78 Å². The summed E-state index contributed by atoms with van der Waals surface area (Å²) in [6.07, 6.45) is -3.34. The fraction of sp³-hybridized carbons (Fsp3) is 0.333. The number of phenols is 1. The van der Waals surface area contributed by atoms with E-state index in [0.29, 0.717) is 0 Å². The summed E-state index contributed by atoms with van der Waals surface area (Å²) in [5, 5.41) is 18.2. The first-order valence-electron chi connectivity index (χ1n) is 5.19. The number of phenolic OH excluding ortho intramolecular Hbond substituents is 1. The number of halogens is 2. The molecule has 0 saturated heterocycles. The number of hydrogen-bond acceptors (Lipinski definition) is 4. The Morgan fingerprint density at radius 2 is 2.22 bits per heavy atom. The molecule has 0 aliphatic carbocycles. The molecule has 0 aromatic heterocycles. The Kier molecular flexibility index (Phi) is 4.60. The van der Waals surface area contributed by atoms with Crippen LogP contribution in [-0.4, -0.2) is 17.7 Å². The third-order valence-electron chi connectivity index (χ3n) is 2.29. The average Bonchev–Trinajstić information content (AvgIpc) is 2.29. The maximum Gasteiger partial charge on any atom is 0.310 e. The molecule has 0 aliphatic heterocycles. The fourth-order valence-electron chi connectivity index (χ4n) is 1.51. The van der Waals surface area contributed by atoms with E-state index >= 15 is 0 Å². The molecule has 0 aliphatic rings. The largest absolute Gasteiger partial charge is 0.506 e. The number of benzene rings is 1. The van der Waals surface area contributed by atoms with Gasteiger partial charge in [-0.05, 0) is 18.6 Å². The lowest BCUT2D eigenvalue weighted by molar-refractivity contribution is -0.142. The van der Waals surface area contributed by atoms with Crippen molar-refractivity contribution in [2.45, 2.75) is 19.8 Å². The van der Waals surface area contributed by atoms with Gasteiger partial charge in [0.25, 0.3) is 6.43 Å². The molecule has 0 spiro atoms. The Hall–Kier alpha value is -2.16. The highest BCUT2D eigenvalue weighted by Gasteiger charge is 2.22. The molecule has 0 saturated carbocycles. The number of carbonyl (C=O) groups is 1. The topological polar surface area (TPSA) is 70.3 Å². The van der Waals surface area contributed by atoms with Gasteiger partial charge in [-0.25, -0.2) is 8.78 Å². The summed E-state index contributed by atoms with van der Waals surface area (Å²) >= 11 is 0. The van der Waals surface area contributed by atoms with Gasteiger partial charge < -0.3 is 9.84 Å². The van der Waals surface area contributed by atoms with Crippen molar-refractivity contribution in [3.05, 3.63) is 28.8 Å². The second kappa shape index (κ2) is 5.96. The van der Waals surface area contributed by atoms with Crippen molar-refractivity contribution in [2.75, 3.05) is 6.61 Å². The first-order valence-corrected chi connectivity index (χ1v) is 5.19. The van der Waals surface area contributed by atoms with E-state index in [1.54, 1.807) is 13.0 Å². The molecule has 18 heavy (non-hydrogen) atoms. The van der Waals surface area contributed by atoms with Gasteiger partial charge in [0.15, 0.2) is 0 Å².